The van der Waals surface area contributed by atoms with Crippen LogP contribution in [0.5, 0.6) is 17.2 Å². The molecule has 1 aliphatic rings. The van der Waals surface area contributed by atoms with Gasteiger partial charge in [0.05, 0.1) is 51.6 Å². The lowest BCUT2D eigenvalue weighted by atomic mass is 9.95. The monoisotopic (exact) mass is 636 g/mol. The second kappa shape index (κ2) is 10.6. The average Bonchev–Trinajstić information content (AvgIpc) is 3.15. The zero-order valence-electron chi connectivity index (χ0n) is 19.8. The zero-order chi connectivity index (χ0) is 26.1. The number of nitrogens with zero attached hydrogens (tertiary/aromatic N) is 2. The fraction of sp³-hybridized carbons (Fsp3) is 0.240. The number of fused-ring (bicyclic) bond motifs is 1. The predicted octanol–water partition coefficient (Wildman–Crippen LogP) is 4.05. The highest BCUT2D eigenvalue weighted by molar-refractivity contribution is 9.11. The maximum absolute atomic E-state index is 13.7. The molecule has 1 aliphatic heterocycles. The Morgan fingerprint density at radius 3 is 2.44 bits per heavy atom. The number of aromatic hydroxyl groups is 1. The maximum Gasteiger partial charge on any atom is 0.338 e. The molecule has 0 radical (unpaired) electrons. The van der Waals surface area contributed by atoms with Crippen molar-refractivity contribution in [2.24, 2.45) is 4.99 Å². The third kappa shape index (κ3) is 4.74. The summed E-state index contributed by atoms with van der Waals surface area (Å²) in [5.74, 6) is 0.514. The van der Waals surface area contributed by atoms with E-state index < -0.39 is 12.0 Å². The normalized spacial score (nSPS) is 15.4. The Balaban J connectivity index is 1.98. The molecule has 0 aliphatic carbocycles. The minimum atomic E-state index is -0.777. The Labute approximate surface area is 227 Å². The van der Waals surface area contributed by atoms with E-state index in [1.54, 1.807) is 50.3 Å². The van der Waals surface area contributed by atoms with Gasteiger partial charge in [-0.2, -0.15) is 0 Å². The minimum absolute atomic E-state index is 0.0665. The molecule has 2 heterocycles. The van der Waals surface area contributed by atoms with Gasteiger partial charge in [0, 0.05) is 0 Å². The highest BCUT2D eigenvalue weighted by atomic mass is 79.9. The second-order valence-electron chi connectivity index (χ2n) is 7.75. The number of methoxy groups -OCH3 is 2. The first kappa shape index (κ1) is 26.2. The van der Waals surface area contributed by atoms with Gasteiger partial charge in [-0.3, -0.25) is 9.36 Å². The fourth-order valence-corrected chi connectivity index (χ4v) is 6.22. The van der Waals surface area contributed by atoms with Crippen LogP contribution in [0.4, 0.5) is 0 Å². The summed E-state index contributed by atoms with van der Waals surface area (Å²) in [5.41, 5.74) is 1.77. The molecule has 2 aromatic carbocycles. The van der Waals surface area contributed by atoms with Crippen molar-refractivity contribution in [1.29, 1.82) is 0 Å². The topological polar surface area (TPSA) is 99.4 Å². The van der Waals surface area contributed by atoms with Crippen molar-refractivity contribution in [3.8, 4) is 17.2 Å². The van der Waals surface area contributed by atoms with Crippen molar-refractivity contribution in [2.45, 2.75) is 19.9 Å². The quantitative estimate of drug-likeness (QED) is 0.410. The van der Waals surface area contributed by atoms with Gasteiger partial charge in [0.15, 0.2) is 16.3 Å². The van der Waals surface area contributed by atoms with E-state index in [1.807, 2.05) is 0 Å². The number of halogens is 2. The zero-order valence-corrected chi connectivity index (χ0v) is 23.8. The summed E-state index contributed by atoms with van der Waals surface area (Å²) >= 11 is 7.85. The Bertz CT molecular complexity index is 1550. The van der Waals surface area contributed by atoms with Crippen molar-refractivity contribution < 1.29 is 24.1 Å². The molecule has 0 spiro atoms. The Morgan fingerprint density at radius 1 is 1.17 bits per heavy atom. The molecule has 0 amide bonds. The predicted molar refractivity (Wildman–Crippen MR) is 143 cm³/mol. The number of ether oxygens (including phenoxy) is 3. The highest BCUT2D eigenvalue weighted by Gasteiger charge is 2.34. The molecule has 11 heteroatoms. The summed E-state index contributed by atoms with van der Waals surface area (Å²) in [6.45, 7) is 3.64. The third-order valence-electron chi connectivity index (χ3n) is 5.58. The van der Waals surface area contributed by atoms with Crippen molar-refractivity contribution in [3.05, 3.63) is 81.4 Å². The van der Waals surface area contributed by atoms with Crippen molar-refractivity contribution in [1.82, 2.24) is 4.57 Å². The van der Waals surface area contributed by atoms with Gasteiger partial charge in [-0.05, 0) is 87.2 Å². The summed E-state index contributed by atoms with van der Waals surface area (Å²) in [6, 6.07) is 7.90. The summed E-state index contributed by atoms with van der Waals surface area (Å²) in [4.78, 5) is 31.8. The number of rotatable bonds is 6. The molecule has 1 unspecified atom stereocenters. The minimum Gasteiger partial charge on any atom is -0.506 e. The summed E-state index contributed by atoms with van der Waals surface area (Å²) in [7, 11) is 3.06. The largest absolute Gasteiger partial charge is 0.506 e. The van der Waals surface area contributed by atoms with E-state index in [0.717, 1.165) is 0 Å². The Morgan fingerprint density at radius 2 is 1.83 bits per heavy atom. The van der Waals surface area contributed by atoms with E-state index in [4.69, 9.17) is 14.2 Å². The average molecular weight is 638 g/mol. The number of thiazole rings is 1. The molecular formula is C25H22Br2N2O6S. The lowest BCUT2D eigenvalue weighted by Gasteiger charge is -2.25. The first-order chi connectivity index (χ1) is 17.2. The Hall–Kier alpha value is -2.89. The van der Waals surface area contributed by atoms with Crippen LogP contribution in [-0.2, 0) is 9.53 Å². The van der Waals surface area contributed by atoms with Gasteiger partial charge in [0.2, 0.25) is 0 Å². The SMILES string of the molecule is CCOC(=O)C1=C(C)N=c2s/c(=C/c3cc(Br)c(O)c(Br)c3)c(=O)n2C1c1ccc(OC)c(OC)c1. The number of carbonyl (C=O) groups is 1. The van der Waals surface area contributed by atoms with E-state index >= 15 is 0 Å². The maximum atomic E-state index is 13.7. The molecule has 1 atom stereocenters. The van der Waals surface area contributed by atoms with Gasteiger partial charge < -0.3 is 19.3 Å². The number of aromatic nitrogens is 1. The number of hydrogen-bond acceptors (Lipinski definition) is 8. The lowest BCUT2D eigenvalue weighted by Crippen LogP contribution is -2.40. The lowest BCUT2D eigenvalue weighted by molar-refractivity contribution is -0.139. The van der Waals surface area contributed by atoms with Crippen LogP contribution in [0.2, 0.25) is 0 Å². The summed E-state index contributed by atoms with van der Waals surface area (Å²) in [6.07, 6.45) is 1.72. The Kier molecular flexibility index (Phi) is 7.72. The molecule has 0 saturated carbocycles. The van der Waals surface area contributed by atoms with E-state index in [9.17, 15) is 14.7 Å². The molecular weight excluding hydrogens is 616 g/mol. The number of allylic oxidation sites excluding steroid dienone is 1. The highest BCUT2D eigenvalue weighted by Crippen LogP contribution is 2.36. The molecule has 4 rings (SSSR count). The van der Waals surface area contributed by atoms with Crippen LogP contribution < -0.4 is 24.4 Å². The number of phenolic OH excluding ortho intramolecular Hbond substituents is 1. The van der Waals surface area contributed by atoms with Crippen molar-refractivity contribution in [2.75, 3.05) is 20.8 Å². The van der Waals surface area contributed by atoms with Crippen LogP contribution in [-0.4, -0.2) is 36.5 Å². The first-order valence-corrected chi connectivity index (χ1v) is 13.2. The van der Waals surface area contributed by atoms with Gasteiger partial charge in [-0.15, -0.1) is 0 Å². The van der Waals surface area contributed by atoms with Crippen LogP contribution in [0.15, 0.2) is 60.3 Å². The van der Waals surface area contributed by atoms with Gasteiger partial charge in [0.1, 0.15) is 5.75 Å². The van der Waals surface area contributed by atoms with E-state index in [2.05, 4.69) is 36.9 Å². The van der Waals surface area contributed by atoms with E-state index in [0.29, 0.717) is 46.6 Å². The second-order valence-corrected chi connectivity index (χ2v) is 10.5. The molecule has 188 valence electrons. The molecule has 3 aromatic rings. The number of benzene rings is 2. The summed E-state index contributed by atoms with van der Waals surface area (Å²) < 4.78 is 19.1. The molecule has 8 nitrogen and oxygen atoms in total. The number of hydrogen-bond donors (Lipinski definition) is 1. The standard InChI is InChI=1S/C25H22Br2N2O6S/c1-5-35-24(32)20-12(2)28-25-29(21(20)14-6-7-17(33-3)18(11-14)34-4)23(31)19(36-25)10-13-8-15(26)22(30)16(27)9-13/h6-11,21,30H,5H2,1-4H3/b19-10+. The fourth-order valence-electron chi connectivity index (χ4n) is 3.95. The molecule has 0 saturated heterocycles. The van der Waals surface area contributed by atoms with Crippen molar-refractivity contribution >= 4 is 55.2 Å². The number of phenols is 1. The van der Waals surface area contributed by atoms with E-state index in [-0.39, 0.29) is 23.5 Å². The smallest absolute Gasteiger partial charge is 0.338 e. The molecule has 1 N–H and O–H groups in total. The van der Waals surface area contributed by atoms with Crippen LogP contribution in [0.25, 0.3) is 6.08 Å². The summed E-state index contributed by atoms with van der Waals surface area (Å²) in [5, 5.41) is 10.0. The van der Waals surface area contributed by atoms with Gasteiger partial charge in [0.25, 0.3) is 5.56 Å². The third-order valence-corrected chi connectivity index (χ3v) is 7.77. The molecule has 1 aromatic heterocycles. The van der Waals surface area contributed by atoms with Gasteiger partial charge >= 0.3 is 5.97 Å². The molecule has 0 bridgehead atoms. The van der Waals surface area contributed by atoms with Crippen LogP contribution in [0.3, 0.4) is 0 Å². The number of esters is 1. The number of carbonyl (C=O) groups excluding carboxylic acids is 1. The van der Waals surface area contributed by atoms with Crippen LogP contribution >= 0.6 is 43.2 Å². The van der Waals surface area contributed by atoms with Crippen LogP contribution in [0, 0.1) is 0 Å². The van der Waals surface area contributed by atoms with Crippen LogP contribution in [0.1, 0.15) is 31.0 Å². The van der Waals surface area contributed by atoms with E-state index in [1.165, 1.54) is 30.1 Å². The van der Waals surface area contributed by atoms with Gasteiger partial charge in [-0.1, -0.05) is 17.4 Å². The molecule has 0 fully saturated rings. The first-order valence-electron chi connectivity index (χ1n) is 10.8. The van der Waals surface area contributed by atoms with Crippen molar-refractivity contribution in [3.63, 3.8) is 0 Å². The molecule has 36 heavy (non-hydrogen) atoms. The van der Waals surface area contributed by atoms with Gasteiger partial charge in [-0.25, -0.2) is 9.79 Å².